The first-order valence-electron chi connectivity index (χ1n) is 11.4. The highest BCUT2D eigenvalue weighted by Crippen LogP contribution is 2.31. The van der Waals surface area contributed by atoms with Crippen molar-refractivity contribution in [2.75, 3.05) is 12.4 Å². The fourth-order valence-electron chi connectivity index (χ4n) is 3.94. The molecule has 1 aliphatic heterocycles. The number of ether oxygens (including phenoxy) is 2. The van der Waals surface area contributed by atoms with E-state index in [2.05, 4.69) is 5.32 Å². The Bertz CT molecular complexity index is 1240. The second-order valence-corrected chi connectivity index (χ2v) is 8.41. The van der Waals surface area contributed by atoms with E-state index < -0.39 is 23.8 Å². The van der Waals surface area contributed by atoms with Crippen LogP contribution in [0, 0.1) is 0 Å². The van der Waals surface area contributed by atoms with Crippen LogP contribution in [0.25, 0.3) is 0 Å². The molecule has 0 aromatic heterocycles. The van der Waals surface area contributed by atoms with Crippen LogP contribution < -0.4 is 14.8 Å². The lowest BCUT2D eigenvalue weighted by molar-refractivity contribution is -0.139. The fourth-order valence-corrected chi connectivity index (χ4v) is 3.94. The van der Waals surface area contributed by atoms with Gasteiger partial charge in [0.2, 0.25) is 0 Å². The van der Waals surface area contributed by atoms with Crippen molar-refractivity contribution < 1.29 is 32.2 Å². The lowest BCUT2D eigenvalue weighted by Gasteiger charge is -2.23. The summed E-state index contributed by atoms with van der Waals surface area (Å²) in [4.78, 5) is 27.5. The molecule has 9 heteroatoms. The van der Waals surface area contributed by atoms with E-state index in [9.17, 15) is 22.8 Å². The van der Waals surface area contributed by atoms with Gasteiger partial charge in [-0.15, -0.1) is 0 Å². The number of alkyl halides is 3. The molecule has 1 N–H and O–H groups in total. The molecule has 1 atom stereocenters. The normalized spacial score (nSPS) is 15.5. The molecule has 4 rings (SSSR count). The maximum Gasteiger partial charge on any atom is 0.416 e. The Hall–Kier alpha value is -4.01. The molecular weight excluding hydrogens is 473 g/mol. The van der Waals surface area contributed by atoms with Gasteiger partial charge in [-0.1, -0.05) is 19.1 Å². The van der Waals surface area contributed by atoms with Crippen LogP contribution in [0.2, 0.25) is 0 Å². The van der Waals surface area contributed by atoms with Crippen molar-refractivity contribution in [3.05, 3.63) is 89.0 Å². The first-order chi connectivity index (χ1) is 17.2. The third-order valence-corrected chi connectivity index (χ3v) is 5.91. The van der Waals surface area contributed by atoms with E-state index in [1.54, 1.807) is 30.2 Å². The minimum Gasteiger partial charge on any atom is -0.497 e. The molecule has 3 aromatic carbocycles. The van der Waals surface area contributed by atoms with Crippen molar-refractivity contribution >= 4 is 17.5 Å². The summed E-state index contributed by atoms with van der Waals surface area (Å²) in [6.07, 6.45) is -4.63. The lowest BCUT2D eigenvalue weighted by Crippen LogP contribution is -2.38. The summed E-state index contributed by atoms with van der Waals surface area (Å²) in [6.45, 7) is 2.50. The van der Waals surface area contributed by atoms with E-state index in [1.807, 2.05) is 31.2 Å². The van der Waals surface area contributed by atoms with E-state index in [0.717, 1.165) is 35.6 Å². The van der Waals surface area contributed by atoms with Crippen molar-refractivity contribution in [1.29, 1.82) is 0 Å². The first kappa shape index (κ1) is 25.1. The molecule has 1 aliphatic rings. The fraction of sp³-hybridized carbons (Fsp3) is 0.259. The van der Waals surface area contributed by atoms with Crippen LogP contribution in [0.4, 0.5) is 18.9 Å². The third kappa shape index (κ3) is 5.62. The number of halogens is 3. The second kappa shape index (κ2) is 10.3. The van der Waals surface area contributed by atoms with Crippen molar-refractivity contribution in [2.24, 2.45) is 0 Å². The molecule has 0 saturated heterocycles. The molecule has 0 aliphatic carbocycles. The van der Waals surface area contributed by atoms with Gasteiger partial charge in [-0.05, 0) is 66.6 Å². The Labute approximate surface area is 206 Å². The predicted molar refractivity (Wildman–Crippen MR) is 128 cm³/mol. The molecule has 0 radical (unpaired) electrons. The van der Waals surface area contributed by atoms with Crippen molar-refractivity contribution in [2.45, 2.75) is 38.7 Å². The van der Waals surface area contributed by atoms with Gasteiger partial charge >= 0.3 is 6.18 Å². The molecule has 6 nitrogen and oxygen atoms in total. The van der Waals surface area contributed by atoms with Crippen LogP contribution in [0.5, 0.6) is 11.5 Å². The Balaban J connectivity index is 1.54. The monoisotopic (exact) mass is 498 g/mol. The van der Waals surface area contributed by atoms with Gasteiger partial charge in [-0.3, -0.25) is 9.59 Å². The number of carbonyl (C=O) groups is 2. The smallest absolute Gasteiger partial charge is 0.416 e. The summed E-state index contributed by atoms with van der Waals surface area (Å²) in [7, 11) is 1.58. The summed E-state index contributed by atoms with van der Waals surface area (Å²) in [5.41, 5.74) is 1.34. The summed E-state index contributed by atoms with van der Waals surface area (Å²) in [5.74, 6) is 0.574. The van der Waals surface area contributed by atoms with Crippen LogP contribution in [0.3, 0.4) is 0 Å². The van der Waals surface area contributed by atoms with Crippen LogP contribution in [0.1, 0.15) is 40.4 Å². The van der Waals surface area contributed by atoms with Gasteiger partial charge in [0.25, 0.3) is 11.8 Å². The zero-order valence-electron chi connectivity index (χ0n) is 19.8. The Morgan fingerprint density at radius 1 is 1.08 bits per heavy atom. The van der Waals surface area contributed by atoms with Crippen molar-refractivity contribution in [1.82, 2.24) is 4.90 Å². The number of nitrogens with zero attached hydrogens (tertiary/aromatic N) is 1. The molecule has 0 saturated carbocycles. The minimum absolute atomic E-state index is 0.0940. The van der Waals surface area contributed by atoms with Gasteiger partial charge in [-0.25, -0.2) is 0 Å². The van der Waals surface area contributed by atoms with E-state index in [4.69, 9.17) is 9.47 Å². The number of benzene rings is 3. The number of amides is 2. The molecule has 3 aromatic rings. The van der Waals surface area contributed by atoms with Gasteiger partial charge < -0.3 is 19.7 Å². The van der Waals surface area contributed by atoms with Crippen LogP contribution in [-0.2, 0) is 24.1 Å². The van der Waals surface area contributed by atoms with Crippen LogP contribution in [0.15, 0.2) is 66.7 Å². The summed E-state index contributed by atoms with van der Waals surface area (Å²) in [5, 5.41) is 2.71. The largest absolute Gasteiger partial charge is 0.497 e. The third-order valence-electron chi connectivity index (χ3n) is 5.91. The van der Waals surface area contributed by atoms with Crippen molar-refractivity contribution in [3.63, 3.8) is 0 Å². The van der Waals surface area contributed by atoms with E-state index in [1.165, 1.54) is 0 Å². The van der Waals surface area contributed by atoms with Gasteiger partial charge in [0.05, 0.1) is 12.7 Å². The lowest BCUT2D eigenvalue weighted by atomic mass is 10.1. The van der Waals surface area contributed by atoms with Gasteiger partial charge in [-0.2, -0.15) is 13.2 Å². The Morgan fingerprint density at radius 3 is 2.39 bits per heavy atom. The second-order valence-electron chi connectivity index (χ2n) is 8.41. The molecule has 1 unspecified atom stereocenters. The standard InChI is InChI=1S/C27H25F3N2O4/c1-3-23-26(34)32(15-17-4-11-22(35-2)12-5-17)16-19-14-21(10-13-24(19)36-23)31-25(33)18-6-8-20(9-7-18)27(28,29)30/h4-14,23H,3,15-16H2,1-2H3,(H,31,33). The molecular formula is C27H25F3N2O4. The number of hydrogen-bond donors (Lipinski definition) is 1. The van der Waals surface area contributed by atoms with E-state index in [0.29, 0.717) is 30.0 Å². The molecule has 0 spiro atoms. The number of methoxy groups -OCH3 is 1. The van der Waals surface area contributed by atoms with Gasteiger partial charge in [0.1, 0.15) is 11.5 Å². The number of fused-ring (bicyclic) bond motifs is 1. The zero-order valence-corrected chi connectivity index (χ0v) is 19.8. The quantitative estimate of drug-likeness (QED) is 0.476. The average Bonchev–Trinajstić information content (AvgIpc) is 3.00. The first-order valence-corrected chi connectivity index (χ1v) is 11.4. The molecule has 188 valence electrons. The zero-order chi connectivity index (χ0) is 25.9. The summed E-state index contributed by atoms with van der Waals surface area (Å²) in [6, 6.07) is 16.5. The number of anilines is 1. The van der Waals surface area contributed by atoms with Crippen LogP contribution in [-0.4, -0.2) is 29.9 Å². The molecule has 2 amide bonds. The number of rotatable bonds is 6. The molecule has 0 bridgehead atoms. The molecule has 36 heavy (non-hydrogen) atoms. The SMILES string of the molecule is CCC1Oc2ccc(NC(=O)c3ccc(C(F)(F)F)cc3)cc2CN(Cc2ccc(OC)cc2)C1=O. The predicted octanol–water partition coefficient (Wildman–Crippen LogP) is 5.67. The molecule has 1 heterocycles. The van der Waals surface area contributed by atoms with Gasteiger partial charge in [0, 0.05) is 29.9 Å². The van der Waals surface area contributed by atoms with Crippen molar-refractivity contribution in [3.8, 4) is 11.5 Å². The highest BCUT2D eigenvalue weighted by Gasteiger charge is 2.31. The summed E-state index contributed by atoms with van der Waals surface area (Å²) < 4.78 is 49.6. The van der Waals surface area contributed by atoms with Crippen LogP contribution >= 0.6 is 0 Å². The highest BCUT2D eigenvalue weighted by atomic mass is 19.4. The van der Waals surface area contributed by atoms with E-state index in [-0.39, 0.29) is 18.0 Å². The summed E-state index contributed by atoms with van der Waals surface area (Å²) >= 11 is 0. The minimum atomic E-state index is -4.47. The Kier molecular flexibility index (Phi) is 7.19. The topological polar surface area (TPSA) is 67.9 Å². The maximum absolute atomic E-state index is 13.1. The maximum atomic E-state index is 13.1. The highest BCUT2D eigenvalue weighted by molar-refractivity contribution is 6.04. The van der Waals surface area contributed by atoms with E-state index >= 15 is 0 Å². The molecule has 0 fully saturated rings. The number of nitrogens with one attached hydrogen (secondary N) is 1. The Morgan fingerprint density at radius 2 is 1.78 bits per heavy atom. The average molecular weight is 499 g/mol. The number of carbonyl (C=O) groups excluding carboxylic acids is 2. The van der Waals surface area contributed by atoms with Gasteiger partial charge in [0.15, 0.2) is 6.10 Å². The number of hydrogen-bond acceptors (Lipinski definition) is 4.